The van der Waals surface area contributed by atoms with Gasteiger partial charge in [0.15, 0.2) is 5.75 Å². The Morgan fingerprint density at radius 3 is 2.55 bits per heavy atom. The fourth-order valence-electron chi connectivity index (χ4n) is 2.29. The molecule has 0 bridgehead atoms. The van der Waals surface area contributed by atoms with Crippen LogP contribution in [0.5, 0.6) is 5.75 Å². The summed E-state index contributed by atoms with van der Waals surface area (Å²) in [5.41, 5.74) is 0. The van der Waals surface area contributed by atoms with Crippen LogP contribution in [0.25, 0.3) is 0 Å². The van der Waals surface area contributed by atoms with E-state index in [0.29, 0.717) is 28.3 Å². The third kappa shape index (κ3) is 4.26. The van der Waals surface area contributed by atoms with Crippen molar-refractivity contribution >= 4 is 23.2 Å². The lowest BCUT2D eigenvalue weighted by atomic mass is 10.0. The number of hydrogen-bond donors (Lipinski definition) is 1. The largest absolute Gasteiger partial charge is 0.485 e. The van der Waals surface area contributed by atoms with Crippen LogP contribution in [-0.2, 0) is 4.74 Å². The molecule has 0 saturated carbocycles. The molecule has 20 heavy (non-hydrogen) atoms. The minimum Gasteiger partial charge on any atom is -0.485 e. The Hall–Kier alpha value is -0.480. The number of ether oxygens (including phenoxy) is 2. The average molecular weight is 318 g/mol. The van der Waals surface area contributed by atoms with E-state index >= 15 is 0 Å². The fourth-order valence-corrected chi connectivity index (χ4v) is 2.78. The molecule has 1 aliphatic heterocycles. The minimum atomic E-state index is -0.0372. The van der Waals surface area contributed by atoms with Gasteiger partial charge in [-0.2, -0.15) is 0 Å². The third-order valence-corrected chi connectivity index (χ3v) is 4.00. The van der Waals surface area contributed by atoms with Crippen LogP contribution >= 0.6 is 23.2 Å². The van der Waals surface area contributed by atoms with Crippen molar-refractivity contribution in [3.8, 4) is 5.75 Å². The summed E-state index contributed by atoms with van der Waals surface area (Å²) in [6, 6.07) is 5.39. The van der Waals surface area contributed by atoms with Crippen molar-refractivity contribution in [1.29, 1.82) is 0 Å². The molecule has 0 aromatic heterocycles. The molecular formula is C15H21Cl2NO2. The van der Waals surface area contributed by atoms with Crippen molar-refractivity contribution in [3.05, 3.63) is 28.2 Å². The Labute approximate surface area is 130 Å². The first kappa shape index (κ1) is 15.9. The van der Waals surface area contributed by atoms with Crippen molar-refractivity contribution in [1.82, 2.24) is 5.32 Å². The van der Waals surface area contributed by atoms with Gasteiger partial charge in [0.2, 0.25) is 0 Å². The van der Waals surface area contributed by atoms with Gasteiger partial charge >= 0.3 is 0 Å². The second kappa shape index (κ2) is 7.51. The number of nitrogens with one attached hydrogen (secondary N) is 1. The molecule has 3 nitrogen and oxygen atoms in total. The minimum absolute atomic E-state index is 0.0372. The summed E-state index contributed by atoms with van der Waals surface area (Å²) >= 11 is 12.4. The van der Waals surface area contributed by atoms with Crippen molar-refractivity contribution < 1.29 is 9.47 Å². The first-order valence-electron chi connectivity index (χ1n) is 7.01. The molecule has 1 aromatic rings. The smallest absolute Gasteiger partial charge is 0.157 e. The zero-order valence-electron chi connectivity index (χ0n) is 11.9. The molecule has 2 atom stereocenters. The van der Waals surface area contributed by atoms with E-state index in [9.17, 15) is 0 Å². The van der Waals surface area contributed by atoms with Crippen LogP contribution in [0, 0.1) is 5.92 Å². The van der Waals surface area contributed by atoms with Crippen LogP contribution in [0.15, 0.2) is 18.2 Å². The summed E-state index contributed by atoms with van der Waals surface area (Å²) in [5.74, 6) is 0.973. The molecule has 112 valence electrons. The topological polar surface area (TPSA) is 30.5 Å². The van der Waals surface area contributed by atoms with Gasteiger partial charge in [-0.25, -0.2) is 0 Å². The number of halogens is 2. The van der Waals surface area contributed by atoms with Gasteiger partial charge in [0.05, 0.1) is 22.8 Å². The Kier molecular flexibility index (Phi) is 5.97. The van der Waals surface area contributed by atoms with Gasteiger partial charge in [-0.05, 0) is 38.9 Å². The summed E-state index contributed by atoms with van der Waals surface area (Å²) in [6.45, 7) is 6.54. The molecule has 1 N–H and O–H groups in total. The molecule has 0 amide bonds. The summed E-state index contributed by atoms with van der Waals surface area (Å²) < 4.78 is 11.8. The fraction of sp³-hybridized carbons (Fsp3) is 0.600. The summed E-state index contributed by atoms with van der Waals surface area (Å²) in [4.78, 5) is 0. The second-order valence-corrected chi connectivity index (χ2v) is 6.16. The first-order chi connectivity index (χ1) is 9.58. The van der Waals surface area contributed by atoms with E-state index in [2.05, 4.69) is 5.32 Å². The van der Waals surface area contributed by atoms with Crippen molar-refractivity contribution in [2.24, 2.45) is 5.92 Å². The lowest BCUT2D eigenvalue weighted by Gasteiger charge is -2.26. The van der Waals surface area contributed by atoms with Crippen LogP contribution in [0.1, 0.15) is 20.3 Å². The van der Waals surface area contributed by atoms with Gasteiger partial charge in [-0.1, -0.05) is 29.3 Å². The standard InChI is InChI=1S/C15H21Cl2NO2/c1-10(2)19-9-14(11-6-7-18-8-11)20-15-12(16)4-3-5-13(15)17/h3-5,10-11,14,18H,6-9H2,1-2H3/t11-,14-/m1/s1. The highest BCUT2D eigenvalue weighted by molar-refractivity contribution is 6.37. The van der Waals surface area contributed by atoms with Gasteiger partial charge in [-0.15, -0.1) is 0 Å². The van der Waals surface area contributed by atoms with Gasteiger partial charge < -0.3 is 14.8 Å². The average Bonchev–Trinajstić information content (AvgIpc) is 2.91. The van der Waals surface area contributed by atoms with Crippen molar-refractivity contribution in [3.63, 3.8) is 0 Å². The number of rotatable bonds is 6. The quantitative estimate of drug-likeness (QED) is 0.866. The Morgan fingerprint density at radius 2 is 2.00 bits per heavy atom. The molecule has 0 unspecified atom stereocenters. The van der Waals surface area contributed by atoms with E-state index in [1.807, 2.05) is 19.9 Å². The summed E-state index contributed by atoms with van der Waals surface area (Å²) in [5, 5.41) is 4.43. The summed E-state index contributed by atoms with van der Waals surface area (Å²) in [6.07, 6.45) is 1.22. The highest BCUT2D eigenvalue weighted by Gasteiger charge is 2.28. The maximum absolute atomic E-state index is 6.18. The van der Waals surface area contributed by atoms with Gasteiger partial charge in [0.25, 0.3) is 0 Å². The lowest BCUT2D eigenvalue weighted by Crippen LogP contribution is -2.34. The Morgan fingerprint density at radius 1 is 1.30 bits per heavy atom. The number of para-hydroxylation sites is 1. The highest BCUT2D eigenvalue weighted by Crippen LogP contribution is 2.34. The third-order valence-electron chi connectivity index (χ3n) is 3.41. The van der Waals surface area contributed by atoms with Crippen molar-refractivity contribution in [2.75, 3.05) is 19.7 Å². The van der Waals surface area contributed by atoms with Crippen LogP contribution in [0.4, 0.5) is 0 Å². The predicted octanol–water partition coefficient (Wildman–Crippen LogP) is 3.78. The van der Waals surface area contributed by atoms with Crippen LogP contribution in [0.3, 0.4) is 0 Å². The molecule has 5 heteroatoms. The molecular weight excluding hydrogens is 297 g/mol. The molecule has 1 heterocycles. The second-order valence-electron chi connectivity index (χ2n) is 5.34. The summed E-state index contributed by atoms with van der Waals surface area (Å²) in [7, 11) is 0. The molecule has 1 aromatic carbocycles. The molecule has 1 aliphatic rings. The Bertz CT molecular complexity index is 414. The van der Waals surface area contributed by atoms with Crippen molar-refractivity contribution in [2.45, 2.75) is 32.5 Å². The van der Waals surface area contributed by atoms with E-state index in [4.69, 9.17) is 32.7 Å². The van der Waals surface area contributed by atoms with Crippen LogP contribution in [0.2, 0.25) is 10.0 Å². The molecule has 0 spiro atoms. The van der Waals surface area contributed by atoms with Gasteiger partial charge in [0.1, 0.15) is 6.10 Å². The molecule has 1 fully saturated rings. The highest BCUT2D eigenvalue weighted by atomic mass is 35.5. The van der Waals surface area contributed by atoms with Gasteiger partial charge in [0, 0.05) is 12.5 Å². The van der Waals surface area contributed by atoms with Crippen LogP contribution < -0.4 is 10.1 Å². The van der Waals surface area contributed by atoms with E-state index < -0.39 is 0 Å². The Balaban J connectivity index is 2.09. The normalized spacial score (nSPS) is 20.4. The zero-order chi connectivity index (χ0) is 14.5. The van der Waals surface area contributed by atoms with Gasteiger partial charge in [-0.3, -0.25) is 0 Å². The number of hydrogen-bond acceptors (Lipinski definition) is 3. The predicted molar refractivity (Wildman–Crippen MR) is 82.9 cm³/mol. The van der Waals surface area contributed by atoms with E-state index in [1.165, 1.54) is 0 Å². The molecule has 0 aliphatic carbocycles. The number of benzene rings is 1. The monoisotopic (exact) mass is 317 g/mol. The molecule has 0 radical (unpaired) electrons. The maximum atomic E-state index is 6.18. The lowest BCUT2D eigenvalue weighted by molar-refractivity contribution is -0.00358. The van der Waals surface area contributed by atoms with E-state index in [0.717, 1.165) is 19.5 Å². The molecule has 1 saturated heterocycles. The van der Waals surface area contributed by atoms with E-state index in [-0.39, 0.29) is 12.2 Å². The van der Waals surface area contributed by atoms with E-state index in [1.54, 1.807) is 12.1 Å². The zero-order valence-corrected chi connectivity index (χ0v) is 13.4. The SMILES string of the molecule is CC(C)OC[C@@H](Oc1c(Cl)cccc1Cl)[C@@H]1CCNC1. The van der Waals surface area contributed by atoms with Crippen LogP contribution in [-0.4, -0.2) is 31.9 Å². The first-order valence-corrected chi connectivity index (χ1v) is 7.76. The molecule has 2 rings (SSSR count). The maximum Gasteiger partial charge on any atom is 0.157 e.